The zero-order valence-corrected chi connectivity index (χ0v) is 11.5. The van der Waals surface area contributed by atoms with Gasteiger partial charge in [-0.2, -0.15) is 0 Å². The van der Waals surface area contributed by atoms with E-state index in [0.29, 0.717) is 12.6 Å². The van der Waals surface area contributed by atoms with Gasteiger partial charge >= 0.3 is 0 Å². The molecule has 3 nitrogen and oxygen atoms in total. The van der Waals surface area contributed by atoms with Crippen molar-refractivity contribution in [1.82, 2.24) is 10.6 Å². The second kappa shape index (κ2) is 7.66. The van der Waals surface area contributed by atoms with E-state index < -0.39 is 0 Å². The Labute approximate surface area is 100 Å². The van der Waals surface area contributed by atoms with Crippen molar-refractivity contribution in [1.29, 1.82) is 0 Å². The number of carbonyl (C=O) groups excluding carboxylic acids is 1. The molecule has 0 heterocycles. The molecule has 0 aromatic carbocycles. The minimum Gasteiger partial charge on any atom is -0.350 e. The van der Waals surface area contributed by atoms with Crippen LogP contribution in [0, 0.1) is 0 Å². The summed E-state index contributed by atoms with van der Waals surface area (Å²) >= 11 is 0. The SMILES string of the molecule is CCCCC(CC)NCC(=O)NC(C)(C)C. The van der Waals surface area contributed by atoms with Crippen LogP contribution in [0.1, 0.15) is 60.3 Å². The maximum absolute atomic E-state index is 11.6. The smallest absolute Gasteiger partial charge is 0.234 e. The number of amides is 1. The van der Waals surface area contributed by atoms with Crippen LogP contribution in [0.15, 0.2) is 0 Å². The number of unbranched alkanes of at least 4 members (excludes halogenated alkanes) is 1. The summed E-state index contributed by atoms with van der Waals surface area (Å²) in [6.07, 6.45) is 4.69. The Morgan fingerprint density at radius 2 is 1.88 bits per heavy atom. The molecule has 96 valence electrons. The molecule has 3 heteroatoms. The summed E-state index contributed by atoms with van der Waals surface area (Å²) < 4.78 is 0. The van der Waals surface area contributed by atoms with Gasteiger partial charge in [0.05, 0.1) is 6.54 Å². The van der Waals surface area contributed by atoms with E-state index in [1.54, 1.807) is 0 Å². The predicted molar refractivity (Wildman–Crippen MR) is 69.5 cm³/mol. The molecule has 0 bridgehead atoms. The maximum Gasteiger partial charge on any atom is 0.234 e. The molecule has 0 aromatic rings. The van der Waals surface area contributed by atoms with Gasteiger partial charge < -0.3 is 10.6 Å². The first kappa shape index (κ1) is 15.4. The average molecular weight is 228 g/mol. The molecule has 1 atom stereocenters. The molecule has 0 saturated carbocycles. The van der Waals surface area contributed by atoms with Gasteiger partial charge in [0.1, 0.15) is 0 Å². The highest BCUT2D eigenvalue weighted by molar-refractivity contribution is 5.78. The Kier molecular flexibility index (Phi) is 7.39. The maximum atomic E-state index is 11.6. The quantitative estimate of drug-likeness (QED) is 0.703. The van der Waals surface area contributed by atoms with E-state index in [-0.39, 0.29) is 11.4 Å². The molecule has 2 N–H and O–H groups in total. The van der Waals surface area contributed by atoms with Crippen molar-refractivity contribution in [2.75, 3.05) is 6.54 Å². The van der Waals surface area contributed by atoms with Gasteiger partial charge in [0.2, 0.25) is 5.91 Å². The van der Waals surface area contributed by atoms with E-state index in [1.165, 1.54) is 12.8 Å². The predicted octanol–water partition coefficient (Wildman–Crippen LogP) is 2.46. The highest BCUT2D eigenvalue weighted by Crippen LogP contribution is 2.03. The van der Waals surface area contributed by atoms with Crippen LogP contribution >= 0.6 is 0 Å². The summed E-state index contributed by atoms with van der Waals surface area (Å²) in [4.78, 5) is 11.6. The van der Waals surface area contributed by atoms with Crippen LogP contribution in [0.5, 0.6) is 0 Å². The summed E-state index contributed by atoms with van der Waals surface area (Å²) in [5, 5.41) is 6.27. The van der Waals surface area contributed by atoms with Crippen molar-refractivity contribution < 1.29 is 4.79 Å². The Balaban J connectivity index is 3.79. The first-order valence-corrected chi connectivity index (χ1v) is 6.43. The zero-order chi connectivity index (χ0) is 12.6. The van der Waals surface area contributed by atoms with Gasteiger partial charge in [-0.05, 0) is 33.6 Å². The third kappa shape index (κ3) is 8.72. The van der Waals surface area contributed by atoms with Crippen molar-refractivity contribution in [3.63, 3.8) is 0 Å². The van der Waals surface area contributed by atoms with Crippen molar-refractivity contribution in [2.45, 2.75) is 71.9 Å². The van der Waals surface area contributed by atoms with E-state index in [2.05, 4.69) is 24.5 Å². The molecule has 0 aliphatic carbocycles. The van der Waals surface area contributed by atoms with Crippen molar-refractivity contribution in [2.24, 2.45) is 0 Å². The lowest BCUT2D eigenvalue weighted by molar-refractivity contribution is -0.121. The van der Waals surface area contributed by atoms with Gasteiger partial charge in [-0.3, -0.25) is 4.79 Å². The second-order valence-electron chi connectivity index (χ2n) is 5.43. The molecule has 1 amide bonds. The van der Waals surface area contributed by atoms with Crippen LogP contribution in [0.2, 0.25) is 0 Å². The first-order valence-electron chi connectivity index (χ1n) is 6.43. The summed E-state index contributed by atoms with van der Waals surface area (Å²) in [5.41, 5.74) is -0.135. The summed E-state index contributed by atoms with van der Waals surface area (Å²) in [6.45, 7) is 10.8. The molecule has 0 rings (SSSR count). The number of nitrogens with one attached hydrogen (secondary N) is 2. The summed E-state index contributed by atoms with van der Waals surface area (Å²) in [7, 11) is 0. The molecule has 1 unspecified atom stereocenters. The molecule has 0 aromatic heterocycles. The second-order valence-corrected chi connectivity index (χ2v) is 5.43. The van der Waals surface area contributed by atoms with Crippen molar-refractivity contribution in [3.05, 3.63) is 0 Å². The Bertz CT molecular complexity index is 197. The fraction of sp³-hybridized carbons (Fsp3) is 0.923. The first-order chi connectivity index (χ1) is 7.39. The Morgan fingerprint density at radius 1 is 1.25 bits per heavy atom. The Morgan fingerprint density at radius 3 is 2.31 bits per heavy atom. The lowest BCUT2D eigenvalue weighted by Crippen LogP contribution is -2.46. The van der Waals surface area contributed by atoms with Gasteiger partial charge in [-0.25, -0.2) is 0 Å². The molecule has 0 spiro atoms. The normalized spacial score (nSPS) is 13.6. The van der Waals surface area contributed by atoms with Gasteiger partial charge in [0.25, 0.3) is 0 Å². The summed E-state index contributed by atoms with van der Waals surface area (Å²) in [5.74, 6) is 0.0856. The number of rotatable bonds is 7. The molecular weight excluding hydrogens is 200 g/mol. The molecule has 0 aliphatic rings. The number of hydrogen-bond acceptors (Lipinski definition) is 2. The van der Waals surface area contributed by atoms with E-state index in [0.717, 1.165) is 12.8 Å². The van der Waals surface area contributed by atoms with E-state index >= 15 is 0 Å². The van der Waals surface area contributed by atoms with Gasteiger partial charge in [-0.1, -0.05) is 26.7 Å². The minimum atomic E-state index is -0.135. The standard InChI is InChI=1S/C13H28N2O/c1-6-8-9-11(7-2)14-10-12(16)15-13(3,4)5/h11,14H,6-10H2,1-5H3,(H,15,16). The monoisotopic (exact) mass is 228 g/mol. The van der Waals surface area contributed by atoms with Gasteiger partial charge in [-0.15, -0.1) is 0 Å². The molecule has 0 aliphatic heterocycles. The minimum absolute atomic E-state index is 0.0856. The fourth-order valence-corrected chi connectivity index (χ4v) is 1.60. The molecule has 0 radical (unpaired) electrons. The number of hydrogen-bond donors (Lipinski definition) is 2. The number of carbonyl (C=O) groups is 1. The molecule has 16 heavy (non-hydrogen) atoms. The van der Waals surface area contributed by atoms with E-state index in [4.69, 9.17) is 0 Å². The lowest BCUT2D eigenvalue weighted by atomic mass is 10.1. The van der Waals surface area contributed by atoms with Crippen molar-refractivity contribution in [3.8, 4) is 0 Å². The highest BCUT2D eigenvalue weighted by atomic mass is 16.2. The molecule has 0 saturated heterocycles. The van der Waals surface area contributed by atoms with Gasteiger partial charge in [0.15, 0.2) is 0 Å². The zero-order valence-electron chi connectivity index (χ0n) is 11.5. The van der Waals surface area contributed by atoms with Crippen LogP contribution in [-0.2, 0) is 4.79 Å². The average Bonchev–Trinajstić information content (AvgIpc) is 2.15. The lowest BCUT2D eigenvalue weighted by Gasteiger charge is -2.22. The van der Waals surface area contributed by atoms with E-state index in [1.807, 2.05) is 20.8 Å². The fourth-order valence-electron chi connectivity index (χ4n) is 1.60. The largest absolute Gasteiger partial charge is 0.350 e. The third-order valence-electron chi connectivity index (χ3n) is 2.46. The summed E-state index contributed by atoms with van der Waals surface area (Å²) in [6, 6.07) is 0.477. The van der Waals surface area contributed by atoms with E-state index in [9.17, 15) is 4.79 Å². The molecular formula is C13H28N2O. The topological polar surface area (TPSA) is 41.1 Å². The van der Waals surface area contributed by atoms with Crippen LogP contribution in [0.4, 0.5) is 0 Å². The third-order valence-corrected chi connectivity index (χ3v) is 2.46. The van der Waals surface area contributed by atoms with Crippen LogP contribution in [0.3, 0.4) is 0 Å². The van der Waals surface area contributed by atoms with Crippen molar-refractivity contribution >= 4 is 5.91 Å². The Hall–Kier alpha value is -0.570. The van der Waals surface area contributed by atoms with Crippen LogP contribution in [-0.4, -0.2) is 24.0 Å². The highest BCUT2D eigenvalue weighted by Gasteiger charge is 2.14. The van der Waals surface area contributed by atoms with Gasteiger partial charge in [0, 0.05) is 11.6 Å². The van der Waals surface area contributed by atoms with Crippen LogP contribution in [0.25, 0.3) is 0 Å². The van der Waals surface area contributed by atoms with Crippen LogP contribution < -0.4 is 10.6 Å². The molecule has 0 fully saturated rings.